The summed E-state index contributed by atoms with van der Waals surface area (Å²) in [6.07, 6.45) is 0. The number of aliphatic carboxylic acids is 1. The first-order valence-corrected chi connectivity index (χ1v) is 8.02. The number of aryl methyl sites for hydroxylation is 1. The van der Waals surface area contributed by atoms with Crippen LogP contribution in [-0.2, 0) is 4.79 Å². The number of carboxylic acids is 1. The first kappa shape index (κ1) is 18.3. The number of rotatable bonds is 5. The van der Waals surface area contributed by atoms with Crippen molar-refractivity contribution in [1.82, 2.24) is 10.3 Å². The summed E-state index contributed by atoms with van der Waals surface area (Å²) in [5, 5.41) is 22.3. The summed E-state index contributed by atoms with van der Waals surface area (Å²) in [5.74, 6) is -3.04. The summed E-state index contributed by atoms with van der Waals surface area (Å²) in [4.78, 5) is 27.1. The minimum atomic E-state index is -1.60. The fourth-order valence-electron chi connectivity index (χ4n) is 2.56. The minimum Gasteiger partial charge on any atom is -0.505 e. The van der Waals surface area contributed by atoms with E-state index in [0.29, 0.717) is 28.0 Å². The molecule has 0 fully saturated rings. The van der Waals surface area contributed by atoms with E-state index in [1.807, 2.05) is 30.3 Å². The number of carbonyl (C=O) groups excluding carboxylic acids is 1. The van der Waals surface area contributed by atoms with Gasteiger partial charge in [0.25, 0.3) is 5.91 Å². The van der Waals surface area contributed by atoms with Gasteiger partial charge in [-0.25, -0.2) is 4.98 Å². The molecule has 0 aliphatic carbocycles. The molecule has 7 nitrogen and oxygen atoms in total. The first-order valence-electron chi connectivity index (χ1n) is 8.02. The monoisotopic (exact) mass is 362 g/mol. The second kappa shape index (κ2) is 7.37. The second-order valence-electron chi connectivity index (χ2n) is 5.81. The molecule has 0 saturated heterocycles. The predicted molar refractivity (Wildman–Crippen MR) is 99.3 cm³/mol. The van der Waals surface area contributed by atoms with Gasteiger partial charge in [0.1, 0.15) is 19.3 Å². The number of nitrogens with one attached hydrogen (secondary N) is 1. The van der Waals surface area contributed by atoms with Gasteiger partial charge in [-0.05, 0) is 37.3 Å². The molecule has 3 N–H and O–H groups in total. The third-order valence-electron chi connectivity index (χ3n) is 3.89. The highest BCUT2D eigenvalue weighted by Gasteiger charge is 2.21. The molecule has 8 heteroatoms. The van der Waals surface area contributed by atoms with E-state index >= 15 is 0 Å². The van der Waals surface area contributed by atoms with Gasteiger partial charge in [0.2, 0.25) is 0 Å². The molecule has 1 amide bonds. The van der Waals surface area contributed by atoms with Crippen molar-refractivity contribution in [2.75, 3.05) is 0 Å². The van der Waals surface area contributed by atoms with Crippen LogP contribution in [-0.4, -0.2) is 40.9 Å². The maximum absolute atomic E-state index is 12.2. The normalized spacial score (nSPS) is 11.7. The average molecular weight is 362 g/mol. The van der Waals surface area contributed by atoms with Crippen molar-refractivity contribution in [1.29, 1.82) is 0 Å². The fourth-order valence-corrected chi connectivity index (χ4v) is 2.56. The molecule has 1 aromatic heterocycles. The van der Waals surface area contributed by atoms with Crippen LogP contribution < -0.4 is 10.1 Å². The summed E-state index contributed by atoms with van der Waals surface area (Å²) in [6, 6.07) is 14.2. The van der Waals surface area contributed by atoms with Crippen LogP contribution in [0.1, 0.15) is 16.2 Å². The van der Waals surface area contributed by atoms with Gasteiger partial charge in [-0.3, -0.25) is 9.59 Å². The Kier molecular flexibility index (Phi) is 4.98. The van der Waals surface area contributed by atoms with Crippen molar-refractivity contribution < 1.29 is 24.5 Å². The molecule has 134 valence electrons. The van der Waals surface area contributed by atoms with E-state index in [1.165, 1.54) is 0 Å². The van der Waals surface area contributed by atoms with E-state index in [-0.39, 0.29) is 11.4 Å². The Bertz CT molecular complexity index is 1020. The van der Waals surface area contributed by atoms with Crippen molar-refractivity contribution in [2.45, 2.75) is 12.9 Å². The lowest BCUT2D eigenvalue weighted by Gasteiger charge is -2.13. The van der Waals surface area contributed by atoms with E-state index < -0.39 is 17.8 Å². The third kappa shape index (κ3) is 3.84. The maximum Gasteiger partial charge on any atom is 0.316 e. The van der Waals surface area contributed by atoms with Gasteiger partial charge in [0.05, 0.1) is 5.94 Å². The Morgan fingerprint density at radius 3 is 2.48 bits per heavy atom. The number of ether oxygens (including phenoxy) is 1. The van der Waals surface area contributed by atoms with Gasteiger partial charge in [0.15, 0.2) is 11.4 Å². The molecule has 1 heterocycles. The van der Waals surface area contributed by atoms with E-state index in [4.69, 9.17) is 17.7 Å². The molecule has 27 heavy (non-hydrogen) atoms. The summed E-state index contributed by atoms with van der Waals surface area (Å²) >= 11 is 0. The molecular formula is C19H15BN2O5. The molecule has 0 aliphatic heterocycles. The molecule has 2 radical (unpaired) electrons. The number of hydrogen-bond acceptors (Lipinski definition) is 5. The van der Waals surface area contributed by atoms with Crippen LogP contribution in [0.15, 0.2) is 48.5 Å². The molecule has 0 bridgehead atoms. The zero-order valence-electron chi connectivity index (χ0n) is 14.3. The van der Waals surface area contributed by atoms with Crippen molar-refractivity contribution in [2.24, 2.45) is 0 Å². The van der Waals surface area contributed by atoms with Gasteiger partial charge in [-0.1, -0.05) is 18.2 Å². The molecule has 0 aliphatic rings. The Morgan fingerprint density at radius 2 is 1.81 bits per heavy atom. The number of carbonyl (C=O) groups is 2. The summed E-state index contributed by atoms with van der Waals surface area (Å²) in [7, 11) is 5.29. The van der Waals surface area contributed by atoms with E-state index in [0.717, 1.165) is 0 Å². The molecule has 3 rings (SSSR count). The van der Waals surface area contributed by atoms with Gasteiger partial charge in [-0.2, -0.15) is 0 Å². The van der Waals surface area contributed by atoms with E-state index in [2.05, 4.69) is 10.3 Å². The number of amides is 1. The second-order valence-corrected chi connectivity index (χ2v) is 5.81. The van der Waals surface area contributed by atoms with Crippen LogP contribution in [0.25, 0.3) is 10.8 Å². The number of pyridine rings is 1. The molecule has 0 spiro atoms. The first-order chi connectivity index (χ1) is 12.9. The fraction of sp³-hybridized carbons (Fsp3) is 0.105. The SMILES string of the molecule is [B]C(NC(=O)c1nc(C)c2cc(Oc3ccccc3)ccc2c1O)C(=O)O. The zero-order chi connectivity index (χ0) is 19.6. The van der Waals surface area contributed by atoms with Crippen molar-refractivity contribution >= 4 is 30.5 Å². The van der Waals surface area contributed by atoms with Crippen molar-refractivity contribution in [3.8, 4) is 17.2 Å². The minimum absolute atomic E-state index is 0.298. The van der Waals surface area contributed by atoms with Crippen LogP contribution in [0, 0.1) is 6.92 Å². The maximum atomic E-state index is 12.2. The number of benzene rings is 2. The molecule has 1 unspecified atom stereocenters. The lowest BCUT2D eigenvalue weighted by atomic mass is 9.96. The third-order valence-corrected chi connectivity index (χ3v) is 3.89. The predicted octanol–water partition coefficient (Wildman–Crippen LogP) is 2.35. The van der Waals surface area contributed by atoms with Gasteiger partial charge < -0.3 is 20.3 Å². The lowest BCUT2D eigenvalue weighted by molar-refractivity contribution is -0.137. The summed E-state index contributed by atoms with van der Waals surface area (Å²) < 4.78 is 5.77. The molecular weight excluding hydrogens is 347 g/mol. The summed E-state index contributed by atoms with van der Waals surface area (Å²) in [5.41, 5.74) is 0.170. The number of aromatic nitrogens is 1. The number of para-hydroxylation sites is 1. The molecule has 1 atom stereocenters. The lowest BCUT2D eigenvalue weighted by Crippen LogP contribution is -2.41. The highest BCUT2D eigenvalue weighted by atomic mass is 16.5. The number of carboxylic acid groups (broad SMARTS) is 1. The van der Waals surface area contributed by atoms with Crippen molar-refractivity contribution in [3.63, 3.8) is 0 Å². The smallest absolute Gasteiger partial charge is 0.316 e. The van der Waals surface area contributed by atoms with Gasteiger partial charge in [-0.15, -0.1) is 0 Å². The largest absolute Gasteiger partial charge is 0.505 e. The molecule has 3 aromatic rings. The highest BCUT2D eigenvalue weighted by Crippen LogP contribution is 2.33. The Hall–Kier alpha value is -3.55. The van der Waals surface area contributed by atoms with Crippen LogP contribution in [0.3, 0.4) is 0 Å². The number of nitrogens with zero attached hydrogens (tertiary/aromatic N) is 1. The quantitative estimate of drug-likeness (QED) is 0.602. The number of aromatic hydroxyl groups is 1. The Labute approximate surface area is 156 Å². The van der Waals surface area contributed by atoms with Crippen LogP contribution in [0.5, 0.6) is 17.2 Å². The summed E-state index contributed by atoms with van der Waals surface area (Å²) in [6.45, 7) is 1.67. The average Bonchev–Trinajstić information content (AvgIpc) is 2.65. The highest BCUT2D eigenvalue weighted by molar-refractivity contribution is 6.24. The zero-order valence-corrected chi connectivity index (χ0v) is 14.3. The number of fused-ring (bicyclic) bond motifs is 1. The Balaban J connectivity index is 1.96. The Morgan fingerprint density at radius 1 is 1.11 bits per heavy atom. The van der Waals surface area contributed by atoms with Crippen LogP contribution >= 0.6 is 0 Å². The van der Waals surface area contributed by atoms with Gasteiger partial charge >= 0.3 is 5.97 Å². The topological polar surface area (TPSA) is 109 Å². The van der Waals surface area contributed by atoms with Gasteiger partial charge in [0, 0.05) is 16.5 Å². The van der Waals surface area contributed by atoms with Crippen molar-refractivity contribution in [3.05, 3.63) is 59.9 Å². The van der Waals surface area contributed by atoms with E-state index in [1.54, 1.807) is 25.1 Å². The molecule has 2 aromatic carbocycles. The van der Waals surface area contributed by atoms with Crippen LogP contribution in [0.4, 0.5) is 0 Å². The molecule has 0 saturated carbocycles. The standard InChI is InChI=1S/C19H15BN2O5/c1-10-14-9-12(27-11-5-3-2-4-6-11)7-8-13(14)16(23)15(21-10)18(24)22-17(20)19(25)26/h2-9,17,23H,1H3,(H,22,24)(H,25,26). The van der Waals surface area contributed by atoms with E-state index in [9.17, 15) is 14.7 Å². The van der Waals surface area contributed by atoms with Crippen LogP contribution in [0.2, 0.25) is 0 Å². The number of hydrogen-bond donors (Lipinski definition) is 3.